The summed E-state index contributed by atoms with van der Waals surface area (Å²) in [5.41, 5.74) is 0. The molecule has 0 aromatic heterocycles. The van der Waals surface area contributed by atoms with Crippen molar-refractivity contribution in [2.24, 2.45) is 9.98 Å². The third-order valence-corrected chi connectivity index (χ3v) is 3.43. The van der Waals surface area contributed by atoms with Crippen molar-refractivity contribution in [3.8, 4) is 0 Å². The summed E-state index contributed by atoms with van der Waals surface area (Å²) in [7, 11) is 0. The normalized spacial score (nSPS) is 17.0. The summed E-state index contributed by atoms with van der Waals surface area (Å²) in [4.78, 5) is 28.4. The molecule has 6 heteroatoms. The molecule has 1 aromatic carbocycles. The lowest BCUT2D eigenvalue weighted by molar-refractivity contribution is -0.120. The summed E-state index contributed by atoms with van der Waals surface area (Å²) in [6.45, 7) is 0.888. The number of fused-ring (bicyclic) bond motifs is 1. The fourth-order valence-electron chi connectivity index (χ4n) is 2.19. The molecule has 0 aliphatic carbocycles. The number of para-hydroxylation sites is 2. The second-order valence-electron chi connectivity index (χ2n) is 5.43. The van der Waals surface area contributed by atoms with Gasteiger partial charge in [0.1, 0.15) is 0 Å². The topological polar surface area (TPSA) is 82.9 Å². The van der Waals surface area contributed by atoms with E-state index in [0.29, 0.717) is 10.7 Å². The smallest absolute Gasteiger partial charge is 0.368 e. The van der Waals surface area contributed by atoms with Crippen molar-refractivity contribution in [1.82, 2.24) is 10.6 Å². The Morgan fingerprint density at radius 3 is 2.08 bits per heavy atom. The maximum Gasteiger partial charge on any atom is 0.368 e. The second kappa shape index (κ2) is 10.7. The highest BCUT2D eigenvalue weighted by molar-refractivity contribution is 5.77. The molecule has 3 amide bonds. The van der Waals surface area contributed by atoms with Gasteiger partial charge in [-0.05, 0) is 37.1 Å². The number of nitrogens with zero attached hydrogens (tertiary/aromatic N) is 2. The van der Waals surface area contributed by atoms with Gasteiger partial charge in [0.15, 0.2) is 0 Å². The molecule has 130 valence electrons. The number of nitrogens with one attached hydrogen (secondary N) is 2. The number of hydrogen-bond donors (Lipinski definition) is 2. The summed E-state index contributed by atoms with van der Waals surface area (Å²) in [5, 5.41) is 7.08. The van der Waals surface area contributed by atoms with Crippen molar-refractivity contribution in [2.45, 2.75) is 25.7 Å². The number of urea groups is 1. The van der Waals surface area contributed by atoms with Gasteiger partial charge in [0.2, 0.25) is 5.91 Å². The molecule has 3 heterocycles. The lowest BCUT2D eigenvalue weighted by Crippen LogP contribution is -2.21. The van der Waals surface area contributed by atoms with Crippen LogP contribution in [0.3, 0.4) is 0 Å². The number of carbonyl (C=O) groups is 2. The number of hydrogen-bond acceptors (Lipinski definition) is 3. The highest BCUT2D eigenvalue weighted by Gasteiger charge is 2.03. The van der Waals surface area contributed by atoms with Gasteiger partial charge in [-0.1, -0.05) is 30.7 Å². The third kappa shape index (κ3) is 7.39. The fraction of sp³-hybridized carbons (Fsp3) is 0.263. The van der Waals surface area contributed by atoms with Gasteiger partial charge in [-0.25, -0.2) is 4.79 Å². The van der Waals surface area contributed by atoms with Crippen molar-refractivity contribution in [3.05, 3.63) is 71.7 Å². The molecule has 0 atom stereocenters. The van der Waals surface area contributed by atoms with E-state index < -0.39 is 6.03 Å². The summed E-state index contributed by atoms with van der Waals surface area (Å²) >= 11 is 0. The molecule has 0 bridgehead atoms. The molecule has 1 aromatic rings. The van der Waals surface area contributed by atoms with Gasteiger partial charge in [-0.15, -0.1) is 0 Å². The van der Waals surface area contributed by atoms with Gasteiger partial charge < -0.3 is 10.6 Å². The zero-order valence-corrected chi connectivity index (χ0v) is 14.0. The van der Waals surface area contributed by atoms with Crippen LogP contribution in [0.1, 0.15) is 25.7 Å². The van der Waals surface area contributed by atoms with Gasteiger partial charge in [-0.2, -0.15) is 9.98 Å². The van der Waals surface area contributed by atoms with E-state index in [4.69, 9.17) is 0 Å². The van der Waals surface area contributed by atoms with Crippen LogP contribution in [0.5, 0.6) is 0 Å². The molecule has 0 unspecified atom stereocenters. The Balaban J connectivity index is 0.000000138. The van der Waals surface area contributed by atoms with Crippen molar-refractivity contribution >= 4 is 11.9 Å². The van der Waals surface area contributed by atoms with Gasteiger partial charge in [0.25, 0.3) is 0 Å². The first kappa shape index (κ1) is 18.3. The molecule has 0 saturated carbocycles. The van der Waals surface area contributed by atoms with E-state index in [9.17, 15) is 9.59 Å². The van der Waals surface area contributed by atoms with E-state index in [-0.39, 0.29) is 5.91 Å². The number of carbonyl (C=O) groups excluding carboxylic acids is 2. The third-order valence-electron chi connectivity index (χ3n) is 3.43. The van der Waals surface area contributed by atoms with Crippen LogP contribution in [0, 0.1) is 0 Å². The van der Waals surface area contributed by atoms with Crippen LogP contribution in [0.25, 0.3) is 0 Å². The Morgan fingerprint density at radius 1 is 0.800 bits per heavy atom. The Kier molecular flexibility index (Phi) is 7.84. The largest absolute Gasteiger partial charge is 0.368 e. The summed E-state index contributed by atoms with van der Waals surface area (Å²) in [5.74, 6) is 0.225. The van der Waals surface area contributed by atoms with Crippen molar-refractivity contribution < 1.29 is 9.59 Å². The molecule has 1 saturated heterocycles. The van der Waals surface area contributed by atoms with Crippen molar-refractivity contribution in [1.29, 1.82) is 0 Å². The van der Waals surface area contributed by atoms with Crippen LogP contribution in [0.2, 0.25) is 0 Å². The van der Waals surface area contributed by atoms with Crippen LogP contribution in [-0.2, 0) is 4.79 Å². The standard InChI is InChI=1S/C7H4N2O.C6H11NO.C6H7N/c10-7-8-5-3-1-2-4-6(5)9-7;8-6-4-2-1-3-5-7-6;1-2-4-6-7-5-3-1/h1-4H;1-5H2,(H,7,8);1-7H. The van der Waals surface area contributed by atoms with E-state index >= 15 is 0 Å². The average molecular weight is 338 g/mol. The monoisotopic (exact) mass is 338 g/mol. The molecule has 3 aliphatic rings. The van der Waals surface area contributed by atoms with Gasteiger partial charge >= 0.3 is 6.03 Å². The number of benzene rings is 1. The second-order valence-corrected chi connectivity index (χ2v) is 5.43. The number of rotatable bonds is 0. The van der Waals surface area contributed by atoms with Crippen molar-refractivity contribution in [3.63, 3.8) is 0 Å². The fourth-order valence-corrected chi connectivity index (χ4v) is 2.19. The first-order valence-corrected chi connectivity index (χ1v) is 8.33. The first-order chi connectivity index (χ1) is 12.3. The minimum atomic E-state index is -0.402. The predicted molar refractivity (Wildman–Crippen MR) is 96.2 cm³/mol. The summed E-state index contributed by atoms with van der Waals surface area (Å²) in [6.07, 6.45) is 15.8. The molecule has 2 N–H and O–H groups in total. The molecule has 6 nitrogen and oxygen atoms in total. The molecular formula is C19H22N4O2. The Labute approximate surface area is 146 Å². The maximum absolute atomic E-state index is 10.6. The predicted octanol–water partition coefficient (Wildman–Crippen LogP) is 1.91. The van der Waals surface area contributed by atoms with Crippen molar-refractivity contribution in [2.75, 3.05) is 6.54 Å². The quantitative estimate of drug-likeness (QED) is 0.758. The molecule has 3 aliphatic heterocycles. The summed E-state index contributed by atoms with van der Waals surface area (Å²) in [6, 6.07) is 6.79. The molecule has 0 spiro atoms. The molecule has 1 fully saturated rings. The zero-order valence-electron chi connectivity index (χ0n) is 14.0. The first-order valence-electron chi connectivity index (χ1n) is 8.33. The van der Waals surface area contributed by atoms with E-state index in [2.05, 4.69) is 20.6 Å². The van der Waals surface area contributed by atoms with Crippen LogP contribution in [0.4, 0.5) is 4.79 Å². The van der Waals surface area contributed by atoms with Crippen LogP contribution < -0.4 is 21.3 Å². The lowest BCUT2D eigenvalue weighted by Gasteiger charge is -1.93. The zero-order chi connectivity index (χ0) is 17.7. The Bertz CT molecular complexity index is 733. The molecule has 25 heavy (non-hydrogen) atoms. The highest BCUT2D eigenvalue weighted by Crippen LogP contribution is 2.02. The van der Waals surface area contributed by atoms with Crippen LogP contribution >= 0.6 is 0 Å². The van der Waals surface area contributed by atoms with Gasteiger partial charge in [-0.3, -0.25) is 4.79 Å². The van der Waals surface area contributed by atoms with E-state index in [0.717, 1.165) is 25.8 Å². The average Bonchev–Trinajstić information content (AvgIpc) is 2.85. The van der Waals surface area contributed by atoms with Crippen LogP contribution in [0.15, 0.2) is 71.0 Å². The maximum atomic E-state index is 10.6. The highest BCUT2D eigenvalue weighted by atomic mass is 16.2. The minimum absolute atomic E-state index is 0.225. The Morgan fingerprint density at radius 2 is 1.44 bits per heavy atom. The number of allylic oxidation sites excluding steroid dienone is 4. The summed E-state index contributed by atoms with van der Waals surface area (Å²) < 4.78 is 0. The van der Waals surface area contributed by atoms with E-state index in [1.165, 1.54) is 6.42 Å². The molecule has 4 rings (SSSR count). The minimum Gasteiger partial charge on any atom is -0.368 e. The number of amides is 3. The van der Waals surface area contributed by atoms with E-state index in [1.54, 1.807) is 12.1 Å². The molecule has 0 radical (unpaired) electrons. The molecular weight excluding hydrogens is 316 g/mol. The van der Waals surface area contributed by atoms with E-state index in [1.807, 2.05) is 48.8 Å². The lowest BCUT2D eigenvalue weighted by atomic mass is 10.2. The SMILES string of the molecule is C1=CC=CNC=C1.O=C1CCCCCN1.O=C1N=c2ccccc2=N1. The van der Waals surface area contributed by atoms with Crippen LogP contribution in [-0.4, -0.2) is 18.5 Å². The Hall–Kier alpha value is -3.02. The van der Waals surface area contributed by atoms with Gasteiger partial charge in [0, 0.05) is 25.4 Å². The van der Waals surface area contributed by atoms with Gasteiger partial charge in [0.05, 0.1) is 10.7 Å².